The highest BCUT2D eigenvalue weighted by molar-refractivity contribution is 7.99. The SMILES string of the molecule is O=C(NC1CC1)C1CCSC1. The molecule has 0 bridgehead atoms. The van der Waals surface area contributed by atoms with Crippen LogP contribution in [-0.4, -0.2) is 23.5 Å². The largest absolute Gasteiger partial charge is 0.353 e. The van der Waals surface area contributed by atoms with E-state index < -0.39 is 0 Å². The summed E-state index contributed by atoms with van der Waals surface area (Å²) < 4.78 is 0. The highest BCUT2D eigenvalue weighted by Gasteiger charge is 2.29. The Morgan fingerprint density at radius 1 is 1.36 bits per heavy atom. The van der Waals surface area contributed by atoms with E-state index in [0.717, 1.165) is 12.2 Å². The Hall–Kier alpha value is -0.180. The van der Waals surface area contributed by atoms with Gasteiger partial charge >= 0.3 is 0 Å². The fourth-order valence-electron chi connectivity index (χ4n) is 1.29. The van der Waals surface area contributed by atoms with Crippen LogP contribution < -0.4 is 5.32 Å². The van der Waals surface area contributed by atoms with Gasteiger partial charge in [0.15, 0.2) is 0 Å². The molecule has 2 nitrogen and oxygen atoms in total. The van der Waals surface area contributed by atoms with Gasteiger partial charge in [-0.05, 0) is 25.0 Å². The molecule has 2 aliphatic rings. The van der Waals surface area contributed by atoms with Crippen molar-refractivity contribution in [2.24, 2.45) is 5.92 Å². The number of carbonyl (C=O) groups is 1. The van der Waals surface area contributed by atoms with E-state index in [2.05, 4.69) is 5.32 Å². The second kappa shape index (κ2) is 3.05. The number of carbonyl (C=O) groups excluding carboxylic acids is 1. The van der Waals surface area contributed by atoms with Gasteiger partial charge in [-0.2, -0.15) is 11.8 Å². The standard InChI is InChI=1S/C8H13NOS/c10-8(9-7-1-2-7)6-3-4-11-5-6/h6-7H,1-5H2,(H,9,10). The fourth-order valence-corrected chi connectivity index (χ4v) is 2.51. The Kier molecular flexibility index (Phi) is 2.07. The molecule has 0 aromatic heterocycles. The molecular formula is C8H13NOS. The van der Waals surface area contributed by atoms with E-state index >= 15 is 0 Å². The Balaban J connectivity index is 1.77. The van der Waals surface area contributed by atoms with Crippen LogP contribution in [0, 0.1) is 5.92 Å². The summed E-state index contributed by atoms with van der Waals surface area (Å²) in [5.41, 5.74) is 0. The molecule has 2 rings (SSSR count). The summed E-state index contributed by atoms with van der Waals surface area (Å²) in [4.78, 5) is 11.4. The average Bonchev–Trinajstić information content (AvgIpc) is 2.67. The predicted molar refractivity (Wildman–Crippen MR) is 46.6 cm³/mol. The van der Waals surface area contributed by atoms with Gasteiger partial charge in [-0.3, -0.25) is 4.79 Å². The smallest absolute Gasteiger partial charge is 0.224 e. The van der Waals surface area contributed by atoms with Gasteiger partial charge in [-0.1, -0.05) is 0 Å². The Morgan fingerprint density at radius 3 is 2.73 bits per heavy atom. The third-order valence-electron chi connectivity index (χ3n) is 2.22. The van der Waals surface area contributed by atoms with E-state index in [9.17, 15) is 4.79 Å². The maximum absolute atomic E-state index is 11.4. The van der Waals surface area contributed by atoms with E-state index in [4.69, 9.17) is 0 Å². The van der Waals surface area contributed by atoms with Crippen LogP contribution in [0.5, 0.6) is 0 Å². The molecule has 1 N–H and O–H groups in total. The van der Waals surface area contributed by atoms with Crippen LogP contribution in [0.2, 0.25) is 0 Å². The summed E-state index contributed by atoms with van der Waals surface area (Å²) in [6.45, 7) is 0. The second-order valence-electron chi connectivity index (χ2n) is 3.34. The first-order valence-electron chi connectivity index (χ1n) is 4.24. The Labute approximate surface area is 71.1 Å². The van der Waals surface area contributed by atoms with E-state index in [-0.39, 0.29) is 0 Å². The van der Waals surface area contributed by atoms with Crippen molar-refractivity contribution in [2.45, 2.75) is 25.3 Å². The molecule has 1 unspecified atom stereocenters. The summed E-state index contributed by atoms with van der Waals surface area (Å²) >= 11 is 1.90. The molecule has 0 aromatic carbocycles. The van der Waals surface area contributed by atoms with E-state index in [1.165, 1.54) is 18.6 Å². The van der Waals surface area contributed by atoms with Crippen LogP contribution in [0.15, 0.2) is 0 Å². The first kappa shape index (κ1) is 7.47. The summed E-state index contributed by atoms with van der Waals surface area (Å²) in [6.07, 6.45) is 3.49. The van der Waals surface area contributed by atoms with Crippen LogP contribution in [0.25, 0.3) is 0 Å². The molecule has 0 spiro atoms. The van der Waals surface area contributed by atoms with Crippen molar-refractivity contribution in [2.75, 3.05) is 11.5 Å². The zero-order valence-electron chi connectivity index (χ0n) is 6.51. The van der Waals surface area contributed by atoms with Crippen LogP contribution in [-0.2, 0) is 4.79 Å². The van der Waals surface area contributed by atoms with Gasteiger partial charge in [0, 0.05) is 17.7 Å². The van der Waals surface area contributed by atoms with Crippen molar-refractivity contribution in [3.05, 3.63) is 0 Å². The lowest BCUT2D eigenvalue weighted by molar-refractivity contribution is -0.124. The first-order chi connectivity index (χ1) is 5.36. The molecule has 0 aromatic rings. The molecule has 1 saturated heterocycles. The van der Waals surface area contributed by atoms with Crippen molar-refractivity contribution < 1.29 is 4.79 Å². The second-order valence-corrected chi connectivity index (χ2v) is 4.49. The number of amides is 1. The van der Waals surface area contributed by atoms with Crippen LogP contribution in [0.4, 0.5) is 0 Å². The van der Waals surface area contributed by atoms with Crippen LogP contribution >= 0.6 is 11.8 Å². The lowest BCUT2D eigenvalue weighted by Gasteiger charge is -2.07. The van der Waals surface area contributed by atoms with Gasteiger partial charge in [0.2, 0.25) is 5.91 Å². The Bertz CT molecular complexity index is 161. The average molecular weight is 171 g/mol. The van der Waals surface area contributed by atoms with E-state index in [0.29, 0.717) is 17.9 Å². The maximum atomic E-state index is 11.4. The first-order valence-corrected chi connectivity index (χ1v) is 5.40. The zero-order valence-corrected chi connectivity index (χ0v) is 7.32. The maximum Gasteiger partial charge on any atom is 0.224 e. The molecular weight excluding hydrogens is 158 g/mol. The molecule has 3 heteroatoms. The van der Waals surface area contributed by atoms with Gasteiger partial charge in [-0.15, -0.1) is 0 Å². The van der Waals surface area contributed by atoms with Gasteiger partial charge in [0.05, 0.1) is 0 Å². The molecule has 2 fully saturated rings. The molecule has 1 saturated carbocycles. The topological polar surface area (TPSA) is 29.1 Å². The number of rotatable bonds is 2. The highest BCUT2D eigenvalue weighted by atomic mass is 32.2. The third kappa shape index (κ3) is 1.89. The zero-order chi connectivity index (χ0) is 7.68. The minimum atomic E-state index is 0.303. The summed E-state index contributed by atoms with van der Waals surface area (Å²) in [5, 5.41) is 3.04. The van der Waals surface area contributed by atoms with Crippen molar-refractivity contribution in [1.29, 1.82) is 0 Å². The minimum absolute atomic E-state index is 0.303. The van der Waals surface area contributed by atoms with E-state index in [1.54, 1.807) is 0 Å². The van der Waals surface area contributed by atoms with Gasteiger partial charge < -0.3 is 5.32 Å². The number of nitrogens with one attached hydrogen (secondary N) is 1. The van der Waals surface area contributed by atoms with Crippen LogP contribution in [0.3, 0.4) is 0 Å². The molecule has 1 amide bonds. The molecule has 62 valence electrons. The van der Waals surface area contributed by atoms with Crippen LogP contribution in [0.1, 0.15) is 19.3 Å². The van der Waals surface area contributed by atoms with Crippen molar-refractivity contribution in [1.82, 2.24) is 5.32 Å². The lowest BCUT2D eigenvalue weighted by atomic mass is 10.1. The van der Waals surface area contributed by atoms with Gasteiger partial charge in [0.25, 0.3) is 0 Å². The molecule has 1 heterocycles. The van der Waals surface area contributed by atoms with Gasteiger partial charge in [-0.25, -0.2) is 0 Å². The number of hydrogen-bond donors (Lipinski definition) is 1. The Morgan fingerprint density at radius 2 is 2.18 bits per heavy atom. The van der Waals surface area contributed by atoms with Crippen molar-refractivity contribution in [3.8, 4) is 0 Å². The third-order valence-corrected chi connectivity index (χ3v) is 3.39. The van der Waals surface area contributed by atoms with Crippen molar-refractivity contribution in [3.63, 3.8) is 0 Å². The summed E-state index contributed by atoms with van der Waals surface area (Å²) in [7, 11) is 0. The molecule has 1 atom stereocenters. The lowest BCUT2D eigenvalue weighted by Crippen LogP contribution is -2.32. The summed E-state index contributed by atoms with van der Waals surface area (Å²) in [5.74, 6) is 2.83. The number of thioether (sulfide) groups is 1. The van der Waals surface area contributed by atoms with E-state index in [1.807, 2.05) is 11.8 Å². The van der Waals surface area contributed by atoms with Crippen molar-refractivity contribution >= 4 is 17.7 Å². The molecule has 11 heavy (non-hydrogen) atoms. The molecule has 0 radical (unpaired) electrons. The summed E-state index contributed by atoms with van der Waals surface area (Å²) in [6, 6.07) is 0.535. The number of hydrogen-bond acceptors (Lipinski definition) is 2. The van der Waals surface area contributed by atoms with Gasteiger partial charge in [0.1, 0.15) is 0 Å². The molecule has 1 aliphatic carbocycles. The quantitative estimate of drug-likeness (QED) is 0.672. The monoisotopic (exact) mass is 171 g/mol. The minimum Gasteiger partial charge on any atom is -0.353 e. The highest BCUT2D eigenvalue weighted by Crippen LogP contribution is 2.25. The molecule has 1 aliphatic heterocycles. The fraction of sp³-hybridized carbons (Fsp3) is 0.875. The predicted octanol–water partition coefficient (Wildman–Crippen LogP) is 1.02. The normalized spacial score (nSPS) is 30.4.